The van der Waals surface area contributed by atoms with Gasteiger partial charge in [0.15, 0.2) is 0 Å². The number of amides is 2. The molecule has 1 aliphatic rings. The predicted molar refractivity (Wildman–Crippen MR) is 152 cm³/mol. The fraction of sp³-hybridized carbons (Fsp3) is 0.333. The van der Waals surface area contributed by atoms with Gasteiger partial charge in [0, 0.05) is 6.04 Å². The lowest BCUT2D eigenvalue weighted by atomic mass is 9.94. The van der Waals surface area contributed by atoms with Gasteiger partial charge in [0.25, 0.3) is 5.91 Å². The number of methoxy groups -OCH3 is 1. The molecule has 1 heterocycles. The molecule has 0 aliphatic heterocycles. The van der Waals surface area contributed by atoms with Gasteiger partial charge in [-0.1, -0.05) is 72.5 Å². The molecule has 0 unspecified atom stereocenters. The van der Waals surface area contributed by atoms with E-state index in [1.54, 1.807) is 55.1 Å². The van der Waals surface area contributed by atoms with Crippen molar-refractivity contribution in [1.29, 1.82) is 0 Å². The number of halogens is 1. The summed E-state index contributed by atoms with van der Waals surface area (Å²) < 4.78 is 6.94. The van der Waals surface area contributed by atoms with E-state index in [4.69, 9.17) is 16.3 Å². The minimum absolute atomic E-state index is 0.0619. The van der Waals surface area contributed by atoms with Crippen LogP contribution in [0.5, 0.6) is 5.75 Å². The maximum atomic E-state index is 14.4. The summed E-state index contributed by atoms with van der Waals surface area (Å²) in [6.45, 7) is 1.76. The fourth-order valence-corrected chi connectivity index (χ4v) is 5.47. The molecule has 1 aromatic heterocycles. The standard InChI is InChI=1S/C30H32ClN5O3/c1-20(36-27-15-9-7-13-25(27)33-34-36)30(38)35(26-14-8-6-12-24(26)31)28(21-16-18-23(39-2)19-17-21)29(37)32-22-10-4-3-5-11-22/h6-9,12-20,22,28H,3-5,10-11H2,1-2H3,(H,32,37)/t20-,28+/m0/s1. The van der Waals surface area contributed by atoms with Crippen molar-refractivity contribution in [2.24, 2.45) is 0 Å². The van der Waals surface area contributed by atoms with E-state index >= 15 is 0 Å². The zero-order valence-corrected chi connectivity index (χ0v) is 22.8. The van der Waals surface area contributed by atoms with Gasteiger partial charge in [0.2, 0.25) is 5.91 Å². The van der Waals surface area contributed by atoms with Crippen molar-refractivity contribution in [3.8, 4) is 5.75 Å². The molecule has 2 atom stereocenters. The van der Waals surface area contributed by atoms with Gasteiger partial charge in [-0.05, 0) is 61.7 Å². The van der Waals surface area contributed by atoms with Crippen LogP contribution in [0.2, 0.25) is 5.02 Å². The molecule has 5 rings (SSSR count). The molecule has 4 aromatic rings. The van der Waals surface area contributed by atoms with E-state index < -0.39 is 12.1 Å². The SMILES string of the molecule is COc1ccc([C@H](C(=O)NC2CCCCC2)N(C(=O)[C@H](C)n2nnc3ccccc32)c2ccccc2Cl)cc1. The molecule has 0 radical (unpaired) electrons. The van der Waals surface area contributed by atoms with Crippen LogP contribution < -0.4 is 15.0 Å². The van der Waals surface area contributed by atoms with E-state index in [0.29, 0.717) is 27.5 Å². The summed E-state index contributed by atoms with van der Waals surface area (Å²) in [5.74, 6) is 0.0672. The first-order chi connectivity index (χ1) is 19.0. The number of nitrogens with one attached hydrogen (secondary N) is 1. The predicted octanol–water partition coefficient (Wildman–Crippen LogP) is 5.88. The number of nitrogens with zero attached hydrogens (tertiary/aromatic N) is 4. The molecule has 0 bridgehead atoms. The number of hydrogen-bond donors (Lipinski definition) is 1. The summed E-state index contributed by atoms with van der Waals surface area (Å²) in [5, 5.41) is 12.1. The number of hydrogen-bond acceptors (Lipinski definition) is 5. The number of aromatic nitrogens is 3. The molecule has 9 heteroatoms. The molecule has 8 nitrogen and oxygen atoms in total. The second-order valence-corrected chi connectivity index (χ2v) is 10.3. The van der Waals surface area contributed by atoms with Crippen LogP contribution in [0, 0.1) is 0 Å². The number of rotatable bonds is 8. The number of carbonyl (C=O) groups excluding carboxylic acids is 2. The number of carbonyl (C=O) groups is 2. The van der Waals surface area contributed by atoms with E-state index in [0.717, 1.165) is 31.2 Å². The van der Waals surface area contributed by atoms with E-state index in [2.05, 4.69) is 15.6 Å². The number of ether oxygens (including phenoxy) is 1. The van der Waals surface area contributed by atoms with Gasteiger partial charge >= 0.3 is 0 Å². The quantitative estimate of drug-likeness (QED) is 0.299. The Kier molecular flexibility index (Phi) is 8.12. The van der Waals surface area contributed by atoms with Crippen LogP contribution >= 0.6 is 11.6 Å². The van der Waals surface area contributed by atoms with E-state index in [9.17, 15) is 9.59 Å². The first-order valence-corrected chi connectivity index (χ1v) is 13.7. The molecule has 0 saturated heterocycles. The summed E-state index contributed by atoms with van der Waals surface area (Å²) in [6.07, 6.45) is 5.15. The third-order valence-corrected chi connectivity index (χ3v) is 7.66. The molecule has 3 aromatic carbocycles. The monoisotopic (exact) mass is 545 g/mol. The second-order valence-electron chi connectivity index (χ2n) is 9.88. The zero-order valence-electron chi connectivity index (χ0n) is 22.1. The fourth-order valence-electron chi connectivity index (χ4n) is 5.24. The third kappa shape index (κ3) is 5.61. The van der Waals surface area contributed by atoms with E-state index in [1.807, 2.05) is 36.4 Å². The number of benzene rings is 3. The van der Waals surface area contributed by atoms with Gasteiger partial charge in [-0.2, -0.15) is 0 Å². The van der Waals surface area contributed by atoms with Crippen LogP contribution in [0.15, 0.2) is 72.8 Å². The van der Waals surface area contributed by atoms with Crippen LogP contribution in [0.3, 0.4) is 0 Å². The average Bonchev–Trinajstić information content (AvgIpc) is 3.40. The van der Waals surface area contributed by atoms with Crippen molar-refractivity contribution >= 4 is 40.1 Å². The minimum Gasteiger partial charge on any atom is -0.497 e. The number of anilines is 1. The Labute approximate surface area is 232 Å². The van der Waals surface area contributed by atoms with Crippen molar-refractivity contribution in [2.75, 3.05) is 12.0 Å². The largest absolute Gasteiger partial charge is 0.497 e. The van der Waals surface area contributed by atoms with Crippen LogP contribution in [0.25, 0.3) is 11.0 Å². The van der Waals surface area contributed by atoms with Crippen LogP contribution in [0.4, 0.5) is 5.69 Å². The van der Waals surface area contributed by atoms with Crippen LogP contribution in [-0.2, 0) is 9.59 Å². The van der Waals surface area contributed by atoms with Crippen LogP contribution in [-0.4, -0.2) is 40.0 Å². The van der Waals surface area contributed by atoms with E-state index in [1.165, 1.54) is 11.3 Å². The maximum absolute atomic E-state index is 14.4. The van der Waals surface area contributed by atoms with Gasteiger partial charge in [-0.3, -0.25) is 14.5 Å². The summed E-state index contributed by atoms with van der Waals surface area (Å²) in [6, 6.07) is 20.1. The van der Waals surface area contributed by atoms with Gasteiger partial charge in [-0.15, -0.1) is 5.10 Å². The lowest BCUT2D eigenvalue weighted by Gasteiger charge is -2.35. The summed E-state index contributed by atoms with van der Waals surface area (Å²) in [5.41, 5.74) is 2.50. The van der Waals surface area contributed by atoms with E-state index in [-0.39, 0.29) is 17.9 Å². The van der Waals surface area contributed by atoms with Crippen molar-refractivity contribution in [2.45, 2.75) is 57.2 Å². The van der Waals surface area contributed by atoms with Crippen molar-refractivity contribution in [3.05, 3.63) is 83.4 Å². The van der Waals surface area contributed by atoms with Gasteiger partial charge in [0.05, 0.1) is 23.3 Å². The second kappa shape index (κ2) is 11.9. The highest BCUT2D eigenvalue weighted by Gasteiger charge is 2.38. The molecule has 39 heavy (non-hydrogen) atoms. The Morgan fingerprint density at radius 1 is 1.00 bits per heavy atom. The van der Waals surface area contributed by atoms with Gasteiger partial charge < -0.3 is 10.1 Å². The van der Waals surface area contributed by atoms with Crippen molar-refractivity contribution in [1.82, 2.24) is 20.3 Å². The molecule has 1 aliphatic carbocycles. The Bertz CT molecular complexity index is 1450. The van der Waals surface area contributed by atoms with Gasteiger partial charge in [0.1, 0.15) is 23.3 Å². The van der Waals surface area contributed by atoms with Gasteiger partial charge in [-0.25, -0.2) is 4.68 Å². The highest BCUT2D eigenvalue weighted by atomic mass is 35.5. The summed E-state index contributed by atoms with van der Waals surface area (Å²) in [7, 11) is 1.59. The topological polar surface area (TPSA) is 89.4 Å². The first-order valence-electron chi connectivity index (χ1n) is 13.3. The van der Waals surface area contributed by atoms with Crippen molar-refractivity contribution in [3.63, 3.8) is 0 Å². The zero-order chi connectivity index (χ0) is 27.4. The molecule has 202 valence electrons. The Morgan fingerprint density at radius 3 is 2.41 bits per heavy atom. The molecular formula is C30H32ClN5O3. The highest BCUT2D eigenvalue weighted by Crippen LogP contribution is 2.36. The Balaban J connectivity index is 1.61. The normalized spacial score (nSPS) is 15.5. The Morgan fingerprint density at radius 2 is 1.69 bits per heavy atom. The van der Waals surface area contributed by atoms with Crippen molar-refractivity contribution < 1.29 is 14.3 Å². The Hall–Kier alpha value is -3.91. The number of para-hydroxylation sites is 2. The van der Waals surface area contributed by atoms with Crippen LogP contribution in [0.1, 0.15) is 56.7 Å². The first kappa shape index (κ1) is 26.7. The third-order valence-electron chi connectivity index (χ3n) is 7.34. The molecular weight excluding hydrogens is 514 g/mol. The summed E-state index contributed by atoms with van der Waals surface area (Å²) >= 11 is 6.68. The summed E-state index contributed by atoms with van der Waals surface area (Å²) in [4.78, 5) is 30.1. The molecule has 1 N–H and O–H groups in total. The molecule has 1 saturated carbocycles. The average molecular weight is 546 g/mol. The molecule has 0 spiro atoms. The lowest BCUT2D eigenvalue weighted by Crippen LogP contribution is -2.49. The highest BCUT2D eigenvalue weighted by molar-refractivity contribution is 6.34. The maximum Gasteiger partial charge on any atom is 0.252 e. The molecule has 2 amide bonds. The number of fused-ring (bicyclic) bond motifs is 1. The molecule has 1 fully saturated rings. The minimum atomic E-state index is -0.970. The smallest absolute Gasteiger partial charge is 0.252 e. The lowest BCUT2D eigenvalue weighted by molar-refractivity contribution is -0.128.